The molecule has 0 aliphatic rings. The van der Waals surface area contributed by atoms with Crippen molar-refractivity contribution in [3.05, 3.63) is 28.1 Å². The third-order valence-corrected chi connectivity index (χ3v) is 4.90. The van der Waals surface area contributed by atoms with E-state index < -0.39 is 24.2 Å². The van der Waals surface area contributed by atoms with Crippen molar-refractivity contribution in [1.29, 1.82) is 0 Å². The van der Waals surface area contributed by atoms with Crippen LogP contribution in [0.2, 0.25) is 10.0 Å². The van der Waals surface area contributed by atoms with E-state index in [2.05, 4.69) is 10.3 Å². The fraction of sp³-hybridized carbons (Fsp3) is 0.474. The number of aromatic nitrogens is 1. The van der Waals surface area contributed by atoms with Crippen LogP contribution in [-0.4, -0.2) is 33.8 Å². The molecule has 0 saturated carbocycles. The topological polar surface area (TPSA) is 110 Å². The van der Waals surface area contributed by atoms with Gasteiger partial charge in [-0.1, -0.05) is 49.9 Å². The molecule has 0 aliphatic carbocycles. The fourth-order valence-corrected chi connectivity index (χ4v) is 3.38. The molecule has 2 rings (SSSR count). The Morgan fingerprint density at radius 3 is 2.57 bits per heavy atom. The number of carbonyl (C=O) groups excluding carboxylic acids is 2. The van der Waals surface area contributed by atoms with Gasteiger partial charge in [-0.3, -0.25) is 14.4 Å². The maximum absolute atomic E-state index is 12.8. The highest BCUT2D eigenvalue weighted by Crippen LogP contribution is 2.29. The first-order chi connectivity index (χ1) is 13.3. The Morgan fingerprint density at radius 2 is 1.96 bits per heavy atom. The molecule has 28 heavy (non-hydrogen) atoms. The highest BCUT2D eigenvalue weighted by atomic mass is 35.5. The highest BCUT2D eigenvalue weighted by molar-refractivity contribution is 6.38. The zero-order valence-electron chi connectivity index (χ0n) is 15.6. The Labute approximate surface area is 172 Å². The second-order valence-corrected chi connectivity index (χ2v) is 7.37. The first kappa shape index (κ1) is 22.2. The SMILES string of the molecule is CCCCC(CC)C(=O)N[C@@H](CC(=O)O)C(=O)c1nc2cc(Cl)cc(Cl)c2o1. The summed E-state index contributed by atoms with van der Waals surface area (Å²) < 4.78 is 5.42. The molecule has 1 aromatic heterocycles. The number of carboxylic acid groups (broad SMARTS) is 1. The van der Waals surface area contributed by atoms with E-state index in [1.54, 1.807) is 0 Å². The normalized spacial score (nSPS) is 13.3. The lowest BCUT2D eigenvalue weighted by Gasteiger charge is -2.19. The van der Waals surface area contributed by atoms with Gasteiger partial charge in [0.2, 0.25) is 11.7 Å². The molecule has 1 heterocycles. The summed E-state index contributed by atoms with van der Waals surface area (Å²) in [5.41, 5.74) is 0.444. The van der Waals surface area contributed by atoms with Crippen LogP contribution in [0, 0.1) is 5.92 Å². The van der Waals surface area contributed by atoms with Crippen molar-refractivity contribution in [2.75, 3.05) is 0 Å². The molecule has 0 spiro atoms. The first-order valence-corrected chi connectivity index (χ1v) is 9.84. The number of hydrogen-bond donors (Lipinski definition) is 2. The van der Waals surface area contributed by atoms with Gasteiger partial charge in [0, 0.05) is 10.9 Å². The number of benzene rings is 1. The van der Waals surface area contributed by atoms with Crippen LogP contribution in [-0.2, 0) is 9.59 Å². The summed E-state index contributed by atoms with van der Waals surface area (Å²) in [6, 6.07) is 1.63. The molecular formula is C19H22Cl2N2O5. The Morgan fingerprint density at radius 1 is 1.25 bits per heavy atom. The monoisotopic (exact) mass is 428 g/mol. The van der Waals surface area contributed by atoms with Crippen LogP contribution < -0.4 is 5.32 Å². The summed E-state index contributed by atoms with van der Waals surface area (Å²) in [6.45, 7) is 3.90. The minimum absolute atomic E-state index is 0.171. The predicted molar refractivity (Wildman–Crippen MR) is 106 cm³/mol. The minimum Gasteiger partial charge on any atom is -0.481 e. The number of carbonyl (C=O) groups is 3. The van der Waals surface area contributed by atoms with Gasteiger partial charge in [-0.2, -0.15) is 0 Å². The van der Waals surface area contributed by atoms with E-state index >= 15 is 0 Å². The Kier molecular flexibility index (Phi) is 7.83. The van der Waals surface area contributed by atoms with Crippen molar-refractivity contribution >= 4 is 52.0 Å². The van der Waals surface area contributed by atoms with Crippen molar-refractivity contribution in [3.8, 4) is 0 Å². The molecule has 0 saturated heterocycles. The fourth-order valence-electron chi connectivity index (χ4n) is 2.86. The number of aliphatic carboxylic acids is 1. The molecule has 0 bridgehead atoms. The summed E-state index contributed by atoms with van der Waals surface area (Å²) in [5.74, 6) is -2.93. The lowest BCUT2D eigenvalue weighted by molar-refractivity contribution is -0.137. The van der Waals surface area contributed by atoms with Gasteiger partial charge in [0.15, 0.2) is 5.58 Å². The van der Waals surface area contributed by atoms with Crippen LogP contribution in [0.3, 0.4) is 0 Å². The van der Waals surface area contributed by atoms with Gasteiger partial charge in [0.1, 0.15) is 11.6 Å². The van der Waals surface area contributed by atoms with Crippen LogP contribution in [0.25, 0.3) is 11.1 Å². The van der Waals surface area contributed by atoms with Gasteiger partial charge in [0.05, 0.1) is 11.4 Å². The smallest absolute Gasteiger partial charge is 0.305 e. The maximum Gasteiger partial charge on any atom is 0.305 e. The third kappa shape index (κ3) is 5.45. The molecule has 1 unspecified atom stereocenters. The van der Waals surface area contributed by atoms with Gasteiger partial charge >= 0.3 is 5.97 Å². The number of ketones is 1. The number of hydrogen-bond acceptors (Lipinski definition) is 5. The maximum atomic E-state index is 12.8. The van der Waals surface area contributed by atoms with Crippen LogP contribution in [0.5, 0.6) is 0 Å². The molecule has 9 heteroatoms. The average Bonchev–Trinajstić information content (AvgIpc) is 3.05. The number of oxazole rings is 1. The zero-order chi connectivity index (χ0) is 20.8. The van der Waals surface area contributed by atoms with E-state index in [4.69, 9.17) is 32.7 Å². The van der Waals surface area contributed by atoms with E-state index in [-0.39, 0.29) is 33.8 Å². The van der Waals surface area contributed by atoms with Crippen molar-refractivity contribution in [1.82, 2.24) is 10.3 Å². The number of unbranched alkanes of at least 4 members (excludes halogenated alkanes) is 1. The second kappa shape index (κ2) is 9.89. The lowest BCUT2D eigenvalue weighted by Crippen LogP contribution is -2.45. The number of rotatable bonds is 10. The lowest BCUT2D eigenvalue weighted by atomic mass is 9.97. The summed E-state index contributed by atoms with van der Waals surface area (Å²) in [7, 11) is 0. The molecule has 1 aromatic carbocycles. The highest BCUT2D eigenvalue weighted by Gasteiger charge is 2.30. The van der Waals surface area contributed by atoms with E-state index in [0.29, 0.717) is 17.9 Å². The number of Topliss-reactive ketones (excluding diaryl/α,β-unsaturated/α-hetero) is 1. The molecule has 2 N–H and O–H groups in total. The van der Waals surface area contributed by atoms with Gasteiger partial charge in [-0.25, -0.2) is 4.98 Å². The van der Waals surface area contributed by atoms with Crippen molar-refractivity contribution < 1.29 is 23.9 Å². The largest absolute Gasteiger partial charge is 0.481 e. The van der Waals surface area contributed by atoms with Crippen molar-refractivity contribution in [2.45, 2.75) is 52.0 Å². The Bertz CT molecular complexity index is 881. The first-order valence-electron chi connectivity index (χ1n) is 9.08. The van der Waals surface area contributed by atoms with E-state index in [1.165, 1.54) is 12.1 Å². The molecule has 0 aliphatic heterocycles. The summed E-state index contributed by atoms with van der Waals surface area (Å²) in [5, 5.41) is 12.2. The summed E-state index contributed by atoms with van der Waals surface area (Å²) in [4.78, 5) is 40.6. The molecule has 152 valence electrons. The third-order valence-electron chi connectivity index (χ3n) is 4.40. The Balaban J connectivity index is 2.27. The average molecular weight is 429 g/mol. The standard InChI is InChI=1S/C19H22Cl2N2O5/c1-3-5-6-10(4-2)18(27)22-13(9-15(24)25)16(26)19-23-14-8-11(20)7-12(21)17(14)28-19/h7-8,10,13H,3-6,9H2,1-2H3,(H,22,27)(H,24,25)/t10?,13-/m0/s1. The van der Waals surface area contributed by atoms with Crippen LogP contribution >= 0.6 is 23.2 Å². The van der Waals surface area contributed by atoms with Gasteiger partial charge in [-0.15, -0.1) is 0 Å². The Hall–Kier alpha value is -2.12. The zero-order valence-corrected chi connectivity index (χ0v) is 17.1. The number of halogens is 2. The van der Waals surface area contributed by atoms with Crippen LogP contribution in [0.4, 0.5) is 0 Å². The number of nitrogens with zero attached hydrogens (tertiary/aromatic N) is 1. The molecule has 7 nitrogen and oxygen atoms in total. The van der Waals surface area contributed by atoms with Gasteiger partial charge < -0.3 is 14.8 Å². The number of amides is 1. The van der Waals surface area contributed by atoms with Gasteiger partial charge in [-0.05, 0) is 25.0 Å². The minimum atomic E-state index is -1.29. The molecule has 0 radical (unpaired) electrons. The second-order valence-electron chi connectivity index (χ2n) is 6.53. The van der Waals surface area contributed by atoms with E-state index in [0.717, 1.165) is 12.8 Å². The van der Waals surface area contributed by atoms with Crippen molar-refractivity contribution in [2.24, 2.45) is 5.92 Å². The summed E-state index contributed by atoms with van der Waals surface area (Å²) >= 11 is 12.0. The molecule has 2 atom stereocenters. The van der Waals surface area contributed by atoms with E-state index in [1.807, 2.05) is 13.8 Å². The van der Waals surface area contributed by atoms with Crippen LogP contribution in [0.1, 0.15) is 56.6 Å². The quantitative estimate of drug-likeness (QED) is 0.539. The number of fused-ring (bicyclic) bond motifs is 1. The predicted octanol–water partition coefficient (Wildman–Crippen LogP) is 4.49. The summed E-state index contributed by atoms with van der Waals surface area (Å²) in [6.07, 6.45) is 2.49. The molecule has 0 fully saturated rings. The molecular weight excluding hydrogens is 407 g/mol. The van der Waals surface area contributed by atoms with Crippen molar-refractivity contribution in [3.63, 3.8) is 0 Å². The number of carboxylic acids is 1. The number of nitrogens with one attached hydrogen (secondary N) is 1. The molecule has 2 aromatic rings. The van der Waals surface area contributed by atoms with Gasteiger partial charge in [0.25, 0.3) is 5.89 Å². The van der Waals surface area contributed by atoms with E-state index in [9.17, 15) is 14.4 Å². The van der Waals surface area contributed by atoms with Crippen LogP contribution in [0.15, 0.2) is 16.5 Å². The molecule has 1 amide bonds.